The maximum absolute atomic E-state index is 5.77. The van der Waals surface area contributed by atoms with E-state index in [1.165, 1.54) is 27.5 Å². The second-order valence-electron chi connectivity index (χ2n) is 5.38. The molecule has 0 saturated heterocycles. The van der Waals surface area contributed by atoms with Crippen molar-refractivity contribution in [1.82, 2.24) is 0 Å². The normalized spacial score (nSPS) is 16.6. The Kier molecular flexibility index (Phi) is 3.24. The lowest BCUT2D eigenvalue weighted by molar-refractivity contribution is 0.187. The van der Waals surface area contributed by atoms with E-state index in [1.807, 2.05) is 12.2 Å². The molecule has 0 spiro atoms. The molecule has 106 valence electrons. The van der Waals surface area contributed by atoms with Crippen molar-refractivity contribution in [1.29, 1.82) is 0 Å². The topological polar surface area (TPSA) is 9.23 Å². The van der Waals surface area contributed by atoms with Crippen LogP contribution in [0, 0.1) is 0 Å². The van der Waals surface area contributed by atoms with E-state index in [1.54, 1.807) is 6.26 Å². The maximum atomic E-state index is 5.77. The van der Waals surface area contributed by atoms with Crippen LogP contribution in [0.5, 0.6) is 0 Å². The molecular weight excluding hydrogens is 268 g/mol. The average molecular weight is 284 g/mol. The van der Waals surface area contributed by atoms with Gasteiger partial charge >= 0.3 is 0 Å². The number of rotatable bonds is 2. The lowest BCUT2D eigenvalue weighted by Crippen LogP contribution is -2.01. The molecule has 1 unspecified atom stereocenters. The summed E-state index contributed by atoms with van der Waals surface area (Å²) < 4.78 is 5.77. The molecule has 0 bridgehead atoms. The van der Waals surface area contributed by atoms with Crippen LogP contribution in [0.3, 0.4) is 0 Å². The second kappa shape index (κ2) is 5.53. The third-order valence-electron chi connectivity index (χ3n) is 4.05. The molecule has 1 nitrogen and oxygen atoms in total. The van der Waals surface area contributed by atoms with Crippen molar-refractivity contribution in [3.05, 3.63) is 96.8 Å². The van der Waals surface area contributed by atoms with Crippen LogP contribution < -0.4 is 0 Å². The Morgan fingerprint density at radius 3 is 2.36 bits per heavy atom. The molecule has 1 heteroatoms. The van der Waals surface area contributed by atoms with E-state index in [2.05, 4.69) is 72.8 Å². The molecular formula is C21H16O. The Morgan fingerprint density at radius 1 is 0.682 bits per heavy atom. The van der Waals surface area contributed by atoms with Gasteiger partial charge in [0.2, 0.25) is 0 Å². The quantitative estimate of drug-likeness (QED) is 0.591. The van der Waals surface area contributed by atoms with Crippen molar-refractivity contribution in [2.24, 2.45) is 0 Å². The van der Waals surface area contributed by atoms with Crippen molar-refractivity contribution in [2.75, 3.05) is 0 Å². The van der Waals surface area contributed by atoms with Gasteiger partial charge in [0.25, 0.3) is 0 Å². The van der Waals surface area contributed by atoms with E-state index >= 15 is 0 Å². The standard InChI is InChI=1S/C21H16O/c1-2-10-17-16(8-1)9-7-13-18(17)19-11-3-4-12-20(19)21-14-5-6-15-22-21/h1-15,21H. The summed E-state index contributed by atoms with van der Waals surface area (Å²) in [5.74, 6) is 0. The van der Waals surface area contributed by atoms with Crippen LogP contribution in [0.25, 0.3) is 21.9 Å². The molecule has 0 fully saturated rings. The highest BCUT2D eigenvalue weighted by Gasteiger charge is 2.16. The maximum Gasteiger partial charge on any atom is 0.142 e. The third-order valence-corrected chi connectivity index (χ3v) is 4.05. The average Bonchev–Trinajstić information content (AvgIpc) is 2.62. The Morgan fingerprint density at radius 2 is 1.45 bits per heavy atom. The fraction of sp³-hybridized carbons (Fsp3) is 0.0476. The largest absolute Gasteiger partial charge is 0.489 e. The number of fused-ring (bicyclic) bond motifs is 1. The van der Waals surface area contributed by atoms with Crippen LogP contribution in [0.15, 0.2) is 91.2 Å². The molecule has 1 atom stereocenters. The number of hydrogen-bond acceptors (Lipinski definition) is 1. The monoisotopic (exact) mass is 284 g/mol. The summed E-state index contributed by atoms with van der Waals surface area (Å²) in [4.78, 5) is 0. The van der Waals surface area contributed by atoms with Crippen molar-refractivity contribution >= 4 is 10.8 Å². The van der Waals surface area contributed by atoms with Crippen molar-refractivity contribution in [3.8, 4) is 11.1 Å². The van der Waals surface area contributed by atoms with Crippen LogP contribution in [-0.4, -0.2) is 0 Å². The van der Waals surface area contributed by atoms with E-state index in [9.17, 15) is 0 Å². The Bertz CT molecular complexity index is 868. The first kappa shape index (κ1) is 12.9. The summed E-state index contributed by atoms with van der Waals surface area (Å²) >= 11 is 0. The van der Waals surface area contributed by atoms with Gasteiger partial charge in [-0.2, -0.15) is 0 Å². The number of allylic oxidation sites excluding steroid dienone is 2. The minimum atomic E-state index is -0.0276. The molecule has 0 radical (unpaired) electrons. The SMILES string of the molecule is C1=COC(c2ccccc2-c2cccc3ccccc23)C=C1. The fourth-order valence-electron chi connectivity index (χ4n) is 3.01. The van der Waals surface area contributed by atoms with Gasteiger partial charge in [0.05, 0.1) is 6.26 Å². The summed E-state index contributed by atoms with van der Waals surface area (Å²) in [6, 6.07) is 23.4. The van der Waals surface area contributed by atoms with Gasteiger partial charge in [0.15, 0.2) is 0 Å². The molecule has 3 aromatic carbocycles. The molecule has 3 aromatic rings. The van der Waals surface area contributed by atoms with Gasteiger partial charge in [-0.1, -0.05) is 72.8 Å². The predicted octanol–water partition coefficient (Wildman–Crippen LogP) is 5.65. The molecule has 0 N–H and O–H groups in total. The van der Waals surface area contributed by atoms with Crippen molar-refractivity contribution < 1.29 is 4.74 Å². The molecule has 1 aliphatic rings. The van der Waals surface area contributed by atoms with Crippen LogP contribution >= 0.6 is 0 Å². The zero-order valence-electron chi connectivity index (χ0n) is 12.1. The highest BCUT2D eigenvalue weighted by Crippen LogP contribution is 2.35. The minimum Gasteiger partial charge on any atom is -0.489 e. The van der Waals surface area contributed by atoms with Gasteiger partial charge in [-0.05, 0) is 34.1 Å². The van der Waals surface area contributed by atoms with E-state index < -0.39 is 0 Å². The molecule has 22 heavy (non-hydrogen) atoms. The zero-order valence-corrected chi connectivity index (χ0v) is 12.1. The summed E-state index contributed by atoms with van der Waals surface area (Å²) in [7, 11) is 0. The molecule has 4 rings (SSSR count). The van der Waals surface area contributed by atoms with E-state index in [0.717, 1.165) is 0 Å². The lowest BCUT2D eigenvalue weighted by atomic mass is 9.92. The number of hydrogen-bond donors (Lipinski definition) is 0. The third kappa shape index (κ3) is 2.21. The van der Waals surface area contributed by atoms with E-state index in [-0.39, 0.29) is 6.10 Å². The van der Waals surface area contributed by atoms with Gasteiger partial charge in [-0.15, -0.1) is 0 Å². The highest BCUT2D eigenvalue weighted by molar-refractivity contribution is 5.97. The van der Waals surface area contributed by atoms with Gasteiger partial charge in [0.1, 0.15) is 6.10 Å². The fourth-order valence-corrected chi connectivity index (χ4v) is 3.01. The van der Waals surface area contributed by atoms with Gasteiger partial charge in [-0.3, -0.25) is 0 Å². The smallest absolute Gasteiger partial charge is 0.142 e. The van der Waals surface area contributed by atoms with Crippen LogP contribution in [0.1, 0.15) is 11.7 Å². The van der Waals surface area contributed by atoms with Crippen molar-refractivity contribution in [2.45, 2.75) is 6.10 Å². The summed E-state index contributed by atoms with van der Waals surface area (Å²) in [5, 5.41) is 2.53. The molecule has 1 aliphatic heterocycles. The van der Waals surface area contributed by atoms with Crippen LogP contribution in [-0.2, 0) is 4.74 Å². The van der Waals surface area contributed by atoms with Gasteiger partial charge in [0, 0.05) is 5.56 Å². The second-order valence-corrected chi connectivity index (χ2v) is 5.38. The molecule has 0 saturated carbocycles. The Labute approximate surface area is 130 Å². The molecule has 1 heterocycles. The first-order valence-electron chi connectivity index (χ1n) is 7.49. The first-order chi connectivity index (χ1) is 10.9. The van der Waals surface area contributed by atoms with E-state index in [0.29, 0.717) is 0 Å². The molecule has 0 amide bonds. The number of ether oxygens (including phenoxy) is 1. The lowest BCUT2D eigenvalue weighted by Gasteiger charge is -2.19. The Balaban J connectivity index is 1.92. The summed E-state index contributed by atoms with van der Waals surface area (Å²) in [6.07, 6.45) is 7.76. The van der Waals surface area contributed by atoms with Gasteiger partial charge < -0.3 is 4.74 Å². The van der Waals surface area contributed by atoms with Crippen LogP contribution in [0.2, 0.25) is 0 Å². The van der Waals surface area contributed by atoms with E-state index in [4.69, 9.17) is 4.74 Å². The number of benzene rings is 3. The molecule has 0 aliphatic carbocycles. The summed E-state index contributed by atoms with van der Waals surface area (Å²) in [5.41, 5.74) is 3.67. The molecule has 0 aromatic heterocycles. The minimum absolute atomic E-state index is 0.0276. The predicted molar refractivity (Wildman–Crippen MR) is 91.5 cm³/mol. The Hall–Kier alpha value is -2.80. The zero-order chi connectivity index (χ0) is 14.8. The summed E-state index contributed by atoms with van der Waals surface area (Å²) in [6.45, 7) is 0. The van der Waals surface area contributed by atoms with Crippen molar-refractivity contribution in [3.63, 3.8) is 0 Å². The van der Waals surface area contributed by atoms with Crippen LogP contribution in [0.4, 0.5) is 0 Å². The highest BCUT2D eigenvalue weighted by atomic mass is 16.5. The first-order valence-corrected chi connectivity index (χ1v) is 7.49. The van der Waals surface area contributed by atoms with Gasteiger partial charge in [-0.25, -0.2) is 0 Å².